The first-order valence-electron chi connectivity index (χ1n) is 12.8. The number of hydrogen-bond acceptors (Lipinski definition) is 4. The van der Waals surface area contributed by atoms with Crippen molar-refractivity contribution in [1.29, 1.82) is 0 Å². The van der Waals surface area contributed by atoms with E-state index < -0.39 is 12.1 Å². The lowest BCUT2D eigenvalue weighted by atomic mass is 9.97. The largest absolute Gasteiger partial charge is 0.345 e. The molecule has 0 unspecified atom stereocenters. The van der Waals surface area contributed by atoms with Crippen LogP contribution in [-0.2, 0) is 22.4 Å². The summed E-state index contributed by atoms with van der Waals surface area (Å²) in [5.41, 5.74) is 15.0. The van der Waals surface area contributed by atoms with Crippen molar-refractivity contribution in [2.75, 3.05) is 33.7 Å². The van der Waals surface area contributed by atoms with Crippen LogP contribution in [0.3, 0.4) is 0 Å². The maximum atomic E-state index is 13.4. The predicted octanol–water partition coefficient (Wildman–Crippen LogP) is 3.71. The lowest BCUT2D eigenvalue weighted by Gasteiger charge is -2.29. The molecule has 11 heteroatoms. The molecule has 0 aliphatic rings. The molecular formula is C29H45Cl4N5O2+2. The van der Waals surface area contributed by atoms with Crippen molar-refractivity contribution in [3.05, 3.63) is 78.0 Å². The highest BCUT2D eigenvalue weighted by Crippen LogP contribution is 2.13. The maximum absolute atomic E-state index is 13.4. The lowest BCUT2D eigenvalue weighted by Crippen LogP contribution is -2.49. The van der Waals surface area contributed by atoms with E-state index in [-0.39, 0.29) is 67.7 Å². The van der Waals surface area contributed by atoms with Gasteiger partial charge in [-0.3, -0.25) is 9.59 Å². The number of aromatic nitrogens is 1. The first-order valence-corrected chi connectivity index (χ1v) is 12.8. The van der Waals surface area contributed by atoms with Crippen molar-refractivity contribution in [2.45, 2.75) is 44.2 Å². The van der Waals surface area contributed by atoms with Crippen molar-refractivity contribution in [2.24, 2.45) is 11.5 Å². The average Bonchev–Trinajstić information content (AvgIpc) is 2.86. The Bertz CT molecular complexity index is 1150. The van der Waals surface area contributed by atoms with E-state index in [2.05, 4.69) is 24.4 Å². The number of para-hydroxylation sites is 1. The van der Waals surface area contributed by atoms with Gasteiger partial charge in [-0.25, -0.2) is 4.98 Å². The van der Waals surface area contributed by atoms with E-state index in [1.807, 2.05) is 66.9 Å². The first-order chi connectivity index (χ1) is 17.3. The summed E-state index contributed by atoms with van der Waals surface area (Å²) in [5, 5.41) is 4.02. The molecule has 2 atom stereocenters. The number of aromatic amines is 1. The molecule has 0 radical (unpaired) electrons. The highest BCUT2D eigenvalue weighted by molar-refractivity contribution is 5.92. The second kappa shape index (κ2) is 20.0. The molecule has 1 amide bonds. The minimum absolute atomic E-state index is 0. The Morgan fingerprint density at radius 3 is 2.23 bits per heavy atom. The molecule has 7 nitrogen and oxygen atoms in total. The average molecular weight is 638 g/mol. The number of amides is 1. The topological polar surface area (TPSA) is 112 Å². The quantitative estimate of drug-likeness (QED) is 0.234. The summed E-state index contributed by atoms with van der Waals surface area (Å²) in [5.74, 6) is -0.286. The normalized spacial score (nSPS) is 12.0. The van der Waals surface area contributed by atoms with Crippen molar-refractivity contribution >= 4 is 72.2 Å². The Hall–Kier alpha value is -1.97. The molecule has 40 heavy (non-hydrogen) atoms. The number of rotatable bonds is 14. The third-order valence-electron chi connectivity index (χ3n) is 6.71. The van der Waals surface area contributed by atoms with Crippen molar-refractivity contribution in [3.8, 4) is 0 Å². The van der Waals surface area contributed by atoms with Crippen molar-refractivity contribution < 1.29 is 19.1 Å². The molecule has 3 aromatic rings. The molecule has 0 aliphatic heterocycles. The number of nitrogens with two attached hydrogens (primary N) is 2. The zero-order valence-electron chi connectivity index (χ0n) is 23.2. The molecule has 2 aromatic carbocycles. The second-order valence-corrected chi connectivity index (χ2v) is 10.2. The van der Waals surface area contributed by atoms with Gasteiger partial charge in [-0.2, -0.15) is 0 Å². The number of pyridine rings is 1. The Morgan fingerprint density at radius 2 is 1.55 bits per heavy atom. The van der Waals surface area contributed by atoms with Crippen LogP contribution in [0.2, 0.25) is 0 Å². The van der Waals surface area contributed by atoms with E-state index in [0.29, 0.717) is 25.8 Å². The molecule has 0 bridgehead atoms. The summed E-state index contributed by atoms with van der Waals surface area (Å²) >= 11 is 0. The molecule has 1 heterocycles. The van der Waals surface area contributed by atoms with Crippen LogP contribution < -0.4 is 21.8 Å². The fourth-order valence-electron chi connectivity index (χ4n) is 4.47. The number of carbonyl (C=O) groups excluding carboxylic acids is 2. The number of fused-ring (bicyclic) bond motifs is 1. The summed E-state index contributed by atoms with van der Waals surface area (Å²) in [6.07, 6.45) is 4.71. The van der Waals surface area contributed by atoms with Gasteiger partial charge < -0.3 is 21.3 Å². The lowest BCUT2D eigenvalue weighted by molar-refractivity contribution is -0.889. The number of benzene rings is 2. The van der Waals surface area contributed by atoms with Gasteiger partial charge in [-0.05, 0) is 43.4 Å². The van der Waals surface area contributed by atoms with Crippen LogP contribution in [0.5, 0.6) is 0 Å². The van der Waals surface area contributed by atoms with Gasteiger partial charge in [0, 0.05) is 30.0 Å². The number of H-pyrrole nitrogens is 1. The smallest absolute Gasteiger partial charge is 0.237 e. The number of hydrogen-bond donors (Lipinski definition) is 3. The van der Waals surface area contributed by atoms with Crippen molar-refractivity contribution in [3.63, 3.8) is 0 Å². The van der Waals surface area contributed by atoms with E-state index in [9.17, 15) is 9.59 Å². The van der Waals surface area contributed by atoms with E-state index in [0.717, 1.165) is 46.0 Å². The third-order valence-corrected chi connectivity index (χ3v) is 6.71. The number of likely N-dealkylation sites (N-methyl/N-ethyl adjacent to an activating group) is 1. The number of nitrogens with zero attached hydrogens (tertiary/aromatic N) is 1. The molecule has 0 saturated carbocycles. The van der Waals surface area contributed by atoms with E-state index in [4.69, 9.17) is 11.5 Å². The van der Waals surface area contributed by atoms with Gasteiger partial charge in [-0.1, -0.05) is 42.5 Å². The zero-order chi connectivity index (χ0) is 26.0. The number of quaternary nitrogens is 1. The number of halogens is 4. The zero-order valence-corrected chi connectivity index (χ0v) is 26.5. The van der Waals surface area contributed by atoms with Crippen LogP contribution in [0.1, 0.15) is 30.4 Å². The van der Waals surface area contributed by atoms with Gasteiger partial charge in [-0.15, -0.1) is 49.6 Å². The summed E-state index contributed by atoms with van der Waals surface area (Å²) in [4.78, 5) is 29.6. The van der Waals surface area contributed by atoms with Crippen LogP contribution in [0.25, 0.3) is 10.9 Å². The number of Topliss-reactive ketones (excluding diaryl/α,β-unsaturated/α-hetero) is 1. The molecular weight excluding hydrogens is 592 g/mol. The minimum atomic E-state index is -0.649. The number of aryl methyl sites for hydroxylation is 1. The summed E-state index contributed by atoms with van der Waals surface area (Å²) < 4.78 is 0.797. The Kier molecular flexibility index (Phi) is 20.1. The molecule has 224 valence electrons. The Morgan fingerprint density at radius 1 is 0.900 bits per heavy atom. The maximum Gasteiger partial charge on any atom is 0.237 e. The molecule has 6 N–H and O–H groups in total. The van der Waals surface area contributed by atoms with Gasteiger partial charge in [0.05, 0.1) is 39.3 Å². The molecule has 0 aliphatic carbocycles. The summed E-state index contributed by atoms with van der Waals surface area (Å²) in [6.45, 7) is 2.40. The fraction of sp³-hybridized carbons (Fsp3) is 0.414. The van der Waals surface area contributed by atoms with Gasteiger partial charge in [0.1, 0.15) is 0 Å². The monoisotopic (exact) mass is 635 g/mol. The van der Waals surface area contributed by atoms with Gasteiger partial charge in [0.25, 0.3) is 0 Å². The van der Waals surface area contributed by atoms with Crippen LogP contribution in [0.15, 0.2) is 66.9 Å². The summed E-state index contributed by atoms with van der Waals surface area (Å²) in [6, 6.07) is 18.7. The first kappa shape index (κ1) is 40.2. The fourth-order valence-corrected chi connectivity index (χ4v) is 4.47. The van der Waals surface area contributed by atoms with Gasteiger partial charge >= 0.3 is 0 Å². The highest BCUT2D eigenvalue weighted by Gasteiger charge is 2.25. The number of carbonyl (C=O) groups is 2. The number of nitrogens with one attached hydrogen (secondary N) is 2. The minimum Gasteiger partial charge on any atom is -0.345 e. The predicted molar refractivity (Wildman–Crippen MR) is 173 cm³/mol. The second-order valence-electron chi connectivity index (χ2n) is 10.2. The Labute approximate surface area is 263 Å². The molecule has 0 fully saturated rings. The SMILES string of the molecule is C[N+](C)(CCN)CCC[C@H](N)C(=O)N[C@@H](CCc1ccccc1)C(=O)Cc1c[nH+]c2ccccc2c1.Cl.Cl.Cl.Cl. The van der Waals surface area contributed by atoms with Crippen LogP contribution in [-0.4, -0.2) is 62.0 Å². The van der Waals surface area contributed by atoms with Crippen LogP contribution in [0.4, 0.5) is 0 Å². The van der Waals surface area contributed by atoms with E-state index in [1.165, 1.54) is 0 Å². The molecule has 3 rings (SSSR count). The molecule has 1 aromatic heterocycles. The van der Waals surface area contributed by atoms with Gasteiger partial charge in [0.2, 0.25) is 11.4 Å². The third kappa shape index (κ3) is 13.1. The standard InChI is InChI=1S/C29H39N5O2.4ClH/c1-34(2,18-16-30)17-8-12-25(31)29(36)33-27(15-14-22-9-4-3-5-10-22)28(35)20-23-19-24-11-6-7-13-26(24)32-21-23;;;;/h3-7,9-11,13,19,21,25,27H,8,12,14-18,20,30-31H2,1-2H3;4*1H/p+2/t25-,27-;;;;/m0..../s1. The Balaban J connectivity index is 0. The van der Waals surface area contributed by atoms with E-state index >= 15 is 0 Å². The highest BCUT2D eigenvalue weighted by atomic mass is 35.5. The van der Waals surface area contributed by atoms with E-state index in [1.54, 1.807) is 0 Å². The molecule has 0 spiro atoms. The molecule has 0 saturated heterocycles. The van der Waals surface area contributed by atoms with Crippen LogP contribution >= 0.6 is 49.6 Å². The summed E-state index contributed by atoms with van der Waals surface area (Å²) in [7, 11) is 4.25. The van der Waals surface area contributed by atoms with Crippen molar-refractivity contribution in [1.82, 2.24) is 5.32 Å². The number of ketones is 1. The van der Waals surface area contributed by atoms with Crippen LogP contribution in [0, 0.1) is 0 Å². The van der Waals surface area contributed by atoms with Gasteiger partial charge in [0.15, 0.2) is 12.0 Å².